The van der Waals surface area contributed by atoms with E-state index in [-0.39, 0.29) is 0 Å². The summed E-state index contributed by atoms with van der Waals surface area (Å²) in [4.78, 5) is 11.1. The molecule has 1 N–H and O–H groups in total. The molecule has 23 heavy (non-hydrogen) atoms. The minimum absolute atomic E-state index is 0.396. The van der Waals surface area contributed by atoms with Crippen molar-refractivity contribution in [2.45, 2.75) is 32.6 Å². The molecule has 0 radical (unpaired) electrons. The lowest BCUT2D eigenvalue weighted by molar-refractivity contribution is -0.670. The van der Waals surface area contributed by atoms with E-state index in [9.17, 15) is 4.79 Å². The van der Waals surface area contributed by atoms with Gasteiger partial charge in [-0.1, -0.05) is 44.0 Å². The Labute approximate surface area is 135 Å². The Morgan fingerprint density at radius 3 is 2.17 bits per heavy atom. The van der Waals surface area contributed by atoms with Gasteiger partial charge < -0.3 is 0 Å². The van der Waals surface area contributed by atoms with E-state index in [2.05, 4.69) is 41.0 Å². The van der Waals surface area contributed by atoms with Gasteiger partial charge >= 0.3 is 5.63 Å². The molecule has 3 rings (SSSR count). The summed E-state index contributed by atoms with van der Waals surface area (Å²) in [5, 5.41) is 2.54. The summed E-state index contributed by atoms with van der Waals surface area (Å²) < 4.78 is 6.23. The van der Waals surface area contributed by atoms with Crippen molar-refractivity contribution in [3.63, 3.8) is 0 Å². The molecule has 0 bridgehead atoms. The molecule has 0 fully saturated rings. The summed E-state index contributed by atoms with van der Waals surface area (Å²) in [5.74, 6) is 0. The zero-order chi connectivity index (χ0) is 16.1. The fourth-order valence-corrected chi connectivity index (χ4v) is 2.64. The molecule has 1 aromatic heterocycles. The summed E-state index contributed by atoms with van der Waals surface area (Å²) in [6.45, 7) is 2.23. The van der Waals surface area contributed by atoms with Crippen molar-refractivity contribution in [2.24, 2.45) is 0 Å². The normalized spacial score (nSPS) is 10.8. The number of H-pyrrole nitrogens is 1. The molecule has 0 saturated carbocycles. The van der Waals surface area contributed by atoms with E-state index >= 15 is 0 Å². The highest BCUT2D eigenvalue weighted by molar-refractivity contribution is 5.64. The van der Waals surface area contributed by atoms with Gasteiger partial charge in [0.25, 0.3) is 6.20 Å². The smallest absolute Gasteiger partial charge is 0.283 e. The molecule has 0 unspecified atom stereocenters. The first-order valence-electron chi connectivity index (χ1n) is 8.06. The minimum atomic E-state index is -0.396. The highest BCUT2D eigenvalue weighted by Crippen LogP contribution is 2.21. The van der Waals surface area contributed by atoms with Gasteiger partial charge in [0.15, 0.2) is 0 Å². The van der Waals surface area contributed by atoms with E-state index in [0.717, 1.165) is 17.7 Å². The average Bonchev–Trinajstić information content (AvgIpc) is 3.02. The topological polar surface area (TPSA) is 49.9 Å². The van der Waals surface area contributed by atoms with Crippen LogP contribution in [0, 0.1) is 0 Å². The summed E-state index contributed by atoms with van der Waals surface area (Å²) >= 11 is 0. The van der Waals surface area contributed by atoms with Crippen LogP contribution in [-0.4, -0.2) is 5.27 Å². The molecule has 0 aliphatic carbocycles. The van der Waals surface area contributed by atoms with Gasteiger partial charge in [0, 0.05) is 12.1 Å². The second-order valence-electron chi connectivity index (χ2n) is 5.71. The molecule has 0 spiro atoms. The van der Waals surface area contributed by atoms with E-state index in [0.29, 0.717) is 0 Å². The van der Waals surface area contributed by atoms with Gasteiger partial charge in [0.1, 0.15) is 0 Å². The van der Waals surface area contributed by atoms with Crippen LogP contribution in [0.15, 0.2) is 64.0 Å². The fourth-order valence-electron chi connectivity index (χ4n) is 2.64. The summed E-state index contributed by atoms with van der Waals surface area (Å²) in [7, 11) is 0. The largest absolute Gasteiger partial charge is 0.427 e. The zero-order valence-electron chi connectivity index (χ0n) is 13.3. The predicted molar refractivity (Wildman–Crippen MR) is 89.5 cm³/mol. The molecule has 0 amide bonds. The predicted octanol–water partition coefficient (Wildman–Crippen LogP) is 3.64. The maximum absolute atomic E-state index is 11.1. The van der Waals surface area contributed by atoms with Gasteiger partial charge in [0.05, 0.1) is 0 Å². The Morgan fingerprint density at radius 2 is 1.61 bits per heavy atom. The number of hydrogen-bond acceptors (Lipinski definition) is 2. The van der Waals surface area contributed by atoms with Gasteiger partial charge in [-0.25, -0.2) is 4.79 Å². The molecular formula is C19H21N2O2+. The van der Waals surface area contributed by atoms with Crippen molar-refractivity contribution in [3.05, 3.63) is 70.7 Å². The van der Waals surface area contributed by atoms with Crippen LogP contribution in [0.2, 0.25) is 0 Å². The first-order chi connectivity index (χ1) is 11.3. The van der Waals surface area contributed by atoms with E-state index in [4.69, 9.17) is 0 Å². The molecule has 3 aromatic rings. The Balaban J connectivity index is 1.73. The molecule has 0 saturated heterocycles. The van der Waals surface area contributed by atoms with Gasteiger partial charge in [-0.3, -0.25) is 4.52 Å². The molecule has 0 aliphatic heterocycles. The van der Waals surface area contributed by atoms with E-state index < -0.39 is 5.63 Å². The third kappa shape index (κ3) is 3.77. The Hall–Kier alpha value is -2.62. The molecule has 118 valence electrons. The molecular weight excluding hydrogens is 288 g/mol. The highest BCUT2D eigenvalue weighted by atomic mass is 16.5. The third-order valence-corrected chi connectivity index (χ3v) is 3.98. The van der Waals surface area contributed by atoms with Crippen LogP contribution >= 0.6 is 0 Å². The molecule has 4 heteroatoms. The number of nitrogens with one attached hydrogen (secondary N) is 1. The molecule has 1 heterocycles. The van der Waals surface area contributed by atoms with Crippen LogP contribution < -0.4 is 10.3 Å². The zero-order valence-corrected chi connectivity index (χ0v) is 13.3. The van der Waals surface area contributed by atoms with Crippen LogP contribution in [0.1, 0.15) is 31.7 Å². The first kappa shape index (κ1) is 15.3. The lowest BCUT2D eigenvalue weighted by atomic mass is 10.0. The maximum atomic E-state index is 11.1. The monoisotopic (exact) mass is 309 g/mol. The van der Waals surface area contributed by atoms with Crippen molar-refractivity contribution in [1.29, 1.82) is 0 Å². The summed E-state index contributed by atoms with van der Waals surface area (Å²) in [5.41, 5.74) is 4.20. The Bertz CT molecular complexity index is 798. The van der Waals surface area contributed by atoms with Crippen molar-refractivity contribution < 1.29 is 9.20 Å². The van der Waals surface area contributed by atoms with E-state index in [1.54, 1.807) is 4.68 Å². The standard InChI is InChI=1S/C19H20N2O2/c1-2-3-4-5-15-6-8-16(9-7-15)17-10-12-18(13-11-17)21-14-19(22)23-20-21/h6-14H,2-5H2,1H3/p+1. The van der Waals surface area contributed by atoms with Crippen molar-refractivity contribution >= 4 is 0 Å². The van der Waals surface area contributed by atoms with Crippen molar-refractivity contribution in [3.8, 4) is 16.8 Å². The summed E-state index contributed by atoms with van der Waals surface area (Å²) in [6.07, 6.45) is 6.32. The van der Waals surface area contributed by atoms with E-state index in [1.807, 2.05) is 24.3 Å². The van der Waals surface area contributed by atoms with Gasteiger partial charge in [-0.15, -0.1) is 0 Å². The molecule has 0 aliphatic rings. The van der Waals surface area contributed by atoms with Gasteiger partial charge in [-0.05, 0) is 51.6 Å². The Kier molecular flexibility index (Phi) is 4.71. The number of benzene rings is 2. The van der Waals surface area contributed by atoms with Crippen LogP contribution in [0.5, 0.6) is 0 Å². The molecule has 2 aromatic carbocycles. The third-order valence-electron chi connectivity index (χ3n) is 3.98. The highest BCUT2D eigenvalue weighted by Gasteiger charge is 2.10. The quantitative estimate of drug-likeness (QED) is 0.558. The SMILES string of the molecule is CCCCCc1ccc(-c2ccc(-[n+]3cc(=O)o[nH]3)cc2)cc1. The van der Waals surface area contributed by atoms with Crippen molar-refractivity contribution in [1.82, 2.24) is 5.27 Å². The van der Waals surface area contributed by atoms with Crippen molar-refractivity contribution in [2.75, 3.05) is 0 Å². The number of aromatic amines is 1. The number of rotatable bonds is 6. The fraction of sp³-hybridized carbons (Fsp3) is 0.263. The number of nitrogens with zero attached hydrogens (tertiary/aromatic N) is 1. The average molecular weight is 309 g/mol. The van der Waals surface area contributed by atoms with Gasteiger partial charge in [-0.2, -0.15) is 0 Å². The second-order valence-corrected chi connectivity index (χ2v) is 5.71. The first-order valence-corrected chi connectivity index (χ1v) is 8.06. The summed E-state index contributed by atoms with van der Waals surface area (Å²) in [6, 6.07) is 16.8. The van der Waals surface area contributed by atoms with Crippen LogP contribution in [0.4, 0.5) is 0 Å². The maximum Gasteiger partial charge on any atom is 0.427 e. The van der Waals surface area contributed by atoms with E-state index in [1.165, 1.54) is 36.6 Å². The minimum Gasteiger partial charge on any atom is -0.283 e. The Morgan fingerprint density at radius 1 is 0.957 bits per heavy atom. The number of aromatic nitrogens is 2. The molecule has 0 atom stereocenters. The second kappa shape index (κ2) is 7.09. The van der Waals surface area contributed by atoms with Gasteiger partial charge in [0.2, 0.25) is 5.69 Å². The van der Waals surface area contributed by atoms with Crippen LogP contribution in [0.3, 0.4) is 0 Å². The lowest BCUT2D eigenvalue weighted by Crippen LogP contribution is -2.31. The molecule has 4 nitrogen and oxygen atoms in total. The van der Waals surface area contributed by atoms with Crippen LogP contribution in [-0.2, 0) is 6.42 Å². The van der Waals surface area contributed by atoms with Crippen LogP contribution in [0.25, 0.3) is 16.8 Å². The number of unbranched alkanes of at least 4 members (excludes halogenated alkanes) is 2. The lowest BCUT2D eigenvalue weighted by Gasteiger charge is -2.04. The number of hydrogen-bond donors (Lipinski definition) is 1. The number of aryl methyl sites for hydroxylation is 1.